The zero-order valence-electron chi connectivity index (χ0n) is 17.5. The van der Waals surface area contributed by atoms with E-state index in [1.165, 1.54) is 0 Å². The molecule has 1 aromatic carbocycles. The predicted octanol–water partition coefficient (Wildman–Crippen LogP) is 4.77. The van der Waals surface area contributed by atoms with E-state index in [1.54, 1.807) is 0 Å². The number of alkyl carbamates (subject to hydrolysis) is 2. The lowest BCUT2D eigenvalue weighted by molar-refractivity contribution is 0.0485. The van der Waals surface area contributed by atoms with Crippen LogP contribution in [0.3, 0.4) is 0 Å². The van der Waals surface area contributed by atoms with Gasteiger partial charge in [0.2, 0.25) is 0 Å². The highest BCUT2D eigenvalue weighted by Gasteiger charge is 2.26. The maximum absolute atomic E-state index is 12.0. The molecule has 6 nitrogen and oxygen atoms in total. The van der Waals surface area contributed by atoms with Gasteiger partial charge in [0.1, 0.15) is 12.2 Å². The summed E-state index contributed by atoms with van der Waals surface area (Å²) in [5.41, 5.74) is 0.499. The third kappa shape index (κ3) is 8.63. The Hall–Kier alpha value is -2.24. The average molecular weight is 391 g/mol. The van der Waals surface area contributed by atoms with Crippen LogP contribution in [0.15, 0.2) is 30.3 Å². The van der Waals surface area contributed by atoms with Gasteiger partial charge in [0, 0.05) is 12.1 Å². The topological polar surface area (TPSA) is 76.7 Å². The van der Waals surface area contributed by atoms with E-state index in [9.17, 15) is 9.59 Å². The van der Waals surface area contributed by atoms with Gasteiger partial charge in [-0.1, -0.05) is 30.3 Å². The molecule has 0 saturated heterocycles. The van der Waals surface area contributed by atoms with Crippen molar-refractivity contribution in [2.45, 2.75) is 84.1 Å². The molecule has 1 fully saturated rings. The average Bonchev–Trinajstić information content (AvgIpc) is 2.61. The highest BCUT2D eigenvalue weighted by Crippen LogP contribution is 2.28. The zero-order chi connectivity index (χ0) is 20.6. The highest BCUT2D eigenvalue weighted by atomic mass is 16.6. The van der Waals surface area contributed by atoms with Crippen LogP contribution >= 0.6 is 0 Å². The van der Waals surface area contributed by atoms with E-state index in [2.05, 4.69) is 10.6 Å². The summed E-state index contributed by atoms with van der Waals surface area (Å²) in [7, 11) is 0. The lowest BCUT2D eigenvalue weighted by Crippen LogP contribution is -2.41. The van der Waals surface area contributed by atoms with E-state index >= 15 is 0 Å². The van der Waals surface area contributed by atoms with Crippen LogP contribution < -0.4 is 10.6 Å². The van der Waals surface area contributed by atoms with E-state index in [0.717, 1.165) is 37.7 Å². The third-order valence-electron chi connectivity index (χ3n) is 4.83. The number of hydrogen-bond acceptors (Lipinski definition) is 4. The first kappa shape index (κ1) is 22.1. The summed E-state index contributed by atoms with van der Waals surface area (Å²) < 4.78 is 10.6. The standard InChI is InChI=1S/C22H34N2O4/c1-16(23-20(25)27-15-18-8-6-5-7-9-18)14-17-10-12-19(13-11-17)24-21(26)28-22(2,3)4/h5-9,16-17,19H,10-15H2,1-4H3,(H,23,25)(H,24,26)/t16-,17-,19-/m0/s1. The molecule has 2 rings (SSSR count). The second kappa shape index (κ2) is 10.3. The molecule has 1 aliphatic rings. The van der Waals surface area contributed by atoms with Crippen LogP contribution in [-0.2, 0) is 16.1 Å². The smallest absolute Gasteiger partial charge is 0.407 e. The molecule has 0 heterocycles. The molecule has 2 N–H and O–H groups in total. The van der Waals surface area contributed by atoms with Gasteiger partial charge >= 0.3 is 12.2 Å². The van der Waals surface area contributed by atoms with Crippen molar-refractivity contribution < 1.29 is 19.1 Å². The van der Waals surface area contributed by atoms with Crippen LogP contribution in [0.5, 0.6) is 0 Å². The molecule has 0 aromatic heterocycles. The molecule has 1 aliphatic carbocycles. The number of hydrogen-bond donors (Lipinski definition) is 2. The van der Waals surface area contributed by atoms with E-state index in [-0.39, 0.29) is 30.9 Å². The molecular weight excluding hydrogens is 356 g/mol. The number of ether oxygens (including phenoxy) is 2. The number of carbonyl (C=O) groups is 2. The summed E-state index contributed by atoms with van der Waals surface area (Å²) in [6, 6.07) is 9.87. The van der Waals surface area contributed by atoms with E-state index in [1.807, 2.05) is 58.0 Å². The first-order chi connectivity index (χ1) is 13.2. The van der Waals surface area contributed by atoms with Crippen LogP contribution in [0.1, 0.15) is 65.4 Å². The monoisotopic (exact) mass is 390 g/mol. The largest absolute Gasteiger partial charge is 0.445 e. The van der Waals surface area contributed by atoms with Crippen LogP contribution in [0.25, 0.3) is 0 Å². The van der Waals surface area contributed by atoms with Crippen molar-refractivity contribution in [1.29, 1.82) is 0 Å². The first-order valence-corrected chi connectivity index (χ1v) is 10.2. The van der Waals surface area contributed by atoms with Crippen molar-refractivity contribution in [3.63, 3.8) is 0 Å². The van der Waals surface area contributed by atoms with Crippen molar-refractivity contribution in [3.05, 3.63) is 35.9 Å². The van der Waals surface area contributed by atoms with Crippen molar-refractivity contribution >= 4 is 12.2 Å². The maximum atomic E-state index is 12.0. The molecule has 0 radical (unpaired) electrons. The van der Waals surface area contributed by atoms with Crippen molar-refractivity contribution in [2.24, 2.45) is 5.92 Å². The molecule has 1 atom stereocenters. The summed E-state index contributed by atoms with van der Waals surface area (Å²) in [4.78, 5) is 23.8. The summed E-state index contributed by atoms with van der Waals surface area (Å²) in [6.07, 6.45) is 4.14. The molecule has 1 saturated carbocycles. The maximum Gasteiger partial charge on any atom is 0.407 e. The molecule has 6 heteroatoms. The van der Waals surface area contributed by atoms with Gasteiger partial charge in [-0.25, -0.2) is 9.59 Å². The highest BCUT2D eigenvalue weighted by molar-refractivity contribution is 5.68. The Morgan fingerprint density at radius 2 is 1.71 bits per heavy atom. The number of carbonyl (C=O) groups excluding carboxylic acids is 2. The summed E-state index contributed by atoms with van der Waals surface area (Å²) >= 11 is 0. The third-order valence-corrected chi connectivity index (χ3v) is 4.83. The van der Waals surface area contributed by atoms with Gasteiger partial charge in [0.15, 0.2) is 0 Å². The second-order valence-corrected chi connectivity index (χ2v) is 8.71. The molecule has 0 spiro atoms. The molecule has 0 unspecified atom stereocenters. The first-order valence-electron chi connectivity index (χ1n) is 10.2. The fourth-order valence-corrected chi connectivity index (χ4v) is 3.54. The van der Waals surface area contributed by atoms with E-state index in [0.29, 0.717) is 5.92 Å². The quantitative estimate of drug-likeness (QED) is 0.733. The minimum absolute atomic E-state index is 0.0589. The number of amides is 2. The van der Waals surface area contributed by atoms with Gasteiger partial charge < -0.3 is 20.1 Å². The van der Waals surface area contributed by atoms with Crippen molar-refractivity contribution in [3.8, 4) is 0 Å². The van der Waals surface area contributed by atoms with Crippen LogP contribution in [0.2, 0.25) is 0 Å². The van der Waals surface area contributed by atoms with Gasteiger partial charge in [-0.2, -0.15) is 0 Å². The van der Waals surface area contributed by atoms with Crippen LogP contribution in [0.4, 0.5) is 9.59 Å². The van der Waals surface area contributed by atoms with Crippen LogP contribution in [-0.4, -0.2) is 29.9 Å². The van der Waals surface area contributed by atoms with Gasteiger partial charge in [-0.05, 0) is 71.3 Å². The van der Waals surface area contributed by atoms with E-state index in [4.69, 9.17) is 9.47 Å². The van der Waals surface area contributed by atoms with Gasteiger partial charge in [0.05, 0.1) is 0 Å². The SMILES string of the molecule is C[C@@H](C[C@H]1CC[C@H](NC(=O)OC(C)(C)C)CC1)NC(=O)OCc1ccccc1. The Morgan fingerprint density at radius 1 is 1.07 bits per heavy atom. The van der Waals surface area contributed by atoms with Crippen molar-refractivity contribution in [2.75, 3.05) is 0 Å². The Morgan fingerprint density at radius 3 is 2.32 bits per heavy atom. The van der Waals surface area contributed by atoms with Gasteiger partial charge in [-0.3, -0.25) is 0 Å². The molecule has 156 valence electrons. The summed E-state index contributed by atoms with van der Waals surface area (Å²) in [6.45, 7) is 7.88. The van der Waals surface area contributed by atoms with E-state index < -0.39 is 5.60 Å². The molecule has 0 aliphatic heterocycles. The number of benzene rings is 1. The van der Waals surface area contributed by atoms with Gasteiger partial charge in [-0.15, -0.1) is 0 Å². The van der Waals surface area contributed by atoms with Crippen LogP contribution in [0, 0.1) is 5.92 Å². The minimum atomic E-state index is -0.475. The fourth-order valence-electron chi connectivity index (χ4n) is 3.54. The molecule has 0 bridgehead atoms. The lowest BCUT2D eigenvalue weighted by Gasteiger charge is -2.31. The Kier molecular flexibility index (Phi) is 8.15. The number of nitrogens with one attached hydrogen (secondary N) is 2. The normalized spacial score (nSPS) is 20.7. The fraction of sp³-hybridized carbons (Fsp3) is 0.636. The van der Waals surface area contributed by atoms with Gasteiger partial charge in [0.25, 0.3) is 0 Å². The molecule has 2 amide bonds. The molecule has 28 heavy (non-hydrogen) atoms. The Labute approximate surface area is 168 Å². The predicted molar refractivity (Wildman–Crippen MR) is 109 cm³/mol. The Balaban J connectivity index is 1.62. The lowest BCUT2D eigenvalue weighted by atomic mass is 9.82. The number of rotatable bonds is 6. The second-order valence-electron chi connectivity index (χ2n) is 8.71. The minimum Gasteiger partial charge on any atom is -0.445 e. The molecular formula is C22H34N2O4. The summed E-state index contributed by atoms with van der Waals surface area (Å²) in [5, 5.41) is 5.88. The zero-order valence-corrected chi connectivity index (χ0v) is 17.5. The molecule has 1 aromatic rings. The summed E-state index contributed by atoms with van der Waals surface area (Å²) in [5.74, 6) is 0.543. The Bertz CT molecular complexity index is 619. The van der Waals surface area contributed by atoms with Crippen molar-refractivity contribution in [1.82, 2.24) is 10.6 Å².